The summed E-state index contributed by atoms with van der Waals surface area (Å²) in [5.41, 5.74) is 3.14. The van der Waals surface area contributed by atoms with E-state index < -0.39 is 0 Å². The van der Waals surface area contributed by atoms with Crippen LogP contribution in [-0.2, 0) is 11.2 Å². The van der Waals surface area contributed by atoms with Crippen LogP contribution in [0.1, 0.15) is 33.2 Å². The first-order valence-electron chi connectivity index (χ1n) is 7.57. The Balaban J connectivity index is 1.80. The van der Waals surface area contributed by atoms with Crippen molar-refractivity contribution >= 4 is 45.0 Å². The van der Waals surface area contributed by atoms with Gasteiger partial charge in [-0.15, -0.1) is 0 Å². The minimum absolute atomic E-state index is 0.0251. The van der Waals surface area contributed by atoms with Gasteiger partial charge in [0.15, 0.2) is 0 Å². The van der Waals surface area contributed by atoms with Crippen molar-refractivity contribution in [2.24, 2.45) is 0 Å². The molecule has 2 aliphatic rings. The van der Waals surface area contributed by atoms with Crippen molar-refractivity contribution in [3.05, 3.63) is 57.6 Å². The van der Waals surface area contributed by atoms with E-state index in [4.69, 9.17) is 0 Å². The van der Waals surface area contributed by atoms with E-state index in [9.17, 15) is 14.4 Å². The minimum Gasteiger partial charge on any atom is -0.311 e. The van der Waals surface area contributed by atoms with Gasteiger partial charge in [-0.3, -0.25) is 14.4 Å². The number of hydrogen-bond acceptors (Lipinski definition) is 3. The maximum atomic E-state index is 12.6. The highest BCUT2D eigenvalue weighted by Gasteiger charge is 2.37. The molecule has 24 heavy (non-hydrogen) atoms. The van der Waals surface area contributed by atoms with Crippen LogP contribution in [0.25, 0.3) is 0 Å². The summed E-state index contributed by atoms with van der Waals surface area (Å²) in [6.07, 6.45) is 0.699. The molecule has 0 saturated carbocycles. The Morgan fingerprint density at radius 3 is 2.29 bits per heavy atom. The number of fused-ring (bicyclic) bond motifs is 2. The van der Waals surface area contributed by atoms with E-state index in [-0.39, 0.29) is 17.7 Å². The van der Waals surface area contributed by atoms with Gasteiger partial charge in [-0.25, -0.2) is 4.90 Å². The van der Waals surface area contributed by atoms with Crippen LogP contribution in [0.2, 0.25) is 0 Å². The van der Waals surface area contributed by atoms with Crippen molar-refractivity contribution in [2.45, 2.75) is 13.3 Å². The summed E-state index contributed by atoms with van der Waals surface area (Å²) >= 11 is 3.49. The van der Waals surface area contributed by atoms with E-state index >= 15 is 0 Å². The maximum absolute atomic E-state index is 12.6. The average Bonchev–Trinajstić information content (AvgIpc) is 3.09. The molecule has 2 aliphatic heterocycles. The standard InChI is InChI=1S/C18H13BrN2O3/c1-10(22)20-7-6-11-8-12(9-15(19)16(11)20)21-17(23)13-4-2-3-5-14(13)18(21)24/h2-5,8-9H,6-7H2,1H3. The normalized spacial score (nSPS) is 15.8. The zero-order chi connectivity index (χ0) is 17.0. The van der Waals surface area contributed by atoms with Gasteiger partial charge < -0.3 is 4.90 Å². The Morgan fingerprint density at radius 1 is 1.08 bits per heavy atom. The lowest BCUT2D eigenvalue weighted by Gasteiger charge is -2.19. The predicted molar refractivity (Wildman–Crippen MR) is 93.5 cm³/mol. The van der Waals surface area contributed by atoms with Crippen LogP contribution in [0.3, 0.4) is 0 Å². The van der Waals surface area contributed by atoms with Gasteiger partial charge in [0.1, 0.15) is 0 Å². The second-order valence-corrected chi connectivity index (χ2v) is 6.70. The topological polar surface area (TPSA) is 57.7 Å². The molecule has 0 aliphatic carbocycles. The highest BCUT2D eigenvalue weighted by atomic mass is 79.9. The van der Waals surface area contributed by atoms with E-state index in [1.165, 1.54) is 11.8 Å². The Labute approximate surface area is 147 Å². The van der Waals surface area contributed by atoms with Gasteiger partial charge in [-0.1, -0.05) is 12.1 Å². The van der Waals surface area contributed by atoms with E-state index in [0.717, 1.165) is 11.3 Å². The summed E-state index contributed by atoms with van der Waals surface area (Å²) in [4.78, 5) is 39.9. The molecule has 0 atom stereocenters. The molecule has 3 amide bonds. The summed E-state index contributed by atoms with van der Waals surface area (Å²) in [6.45, 7) is 2.13. The zero-order valence-electron chi connectivity index (χ0n) is 12.9. The second-order valence-electron chi connectivity index (χ2n) is 5.85. The van der Waals surface area contributed by atoms with Crippen LogP contribution in [0.4, 0.5) is 11.4 Å². The van der Waals surface area contributed by atoms with Crippen molar-refractivity contribution in [2.75, 3.05) is 16.3 Å². The van der Waals surface area contributed by atoms with E-state index in [2.05, 4.69) is 15.9 Å². The Kier molecular flexibility index (Phi) is 3.31. The van der Waals surface area contributed by atoms with Crippen molar-refractivity contribution in [1.82, 2.24) is 0 Å². The fourth-order valence-corrected chi connectivity index (χ4v) is 4.05. The number of nitrogens with zero attached hydrogens (tertiary/aromatic N) is 2. The summed E-state index contributed by atoms with van der Waals surface area (Å²) in [6, 6.07) is 10.4. The summed E-state index contributed by atoms with van der Waals surface area (Å²) in [5, 5.41) is 0. The van der Waals surface area contributed by atoms with Crippen molar-refractivity contribution < 1.29 is 14.4 Å². The SMILES string of the molecule is CC(=O)N1CCc2cc(N3C(=O)c4ccccc4C3=O)cc(Br)c21. The summed E-state index contributed by atoms with van der Waals surface area (Å²) in [7, 11) is 0. The quantitative estimate of drug-likeness (QED) is 0.709. The van der Waals surface area contributed by atoms with Crippen LogP contribution in [0, 0.1) is 0 Å². The van der Waals surface area contributed by atoms with Gasteiger partial charge in [0.25, 0.3) is 11.8 Å². The first-order chi connectivity index (χ1) is 11.5. The molecule has 0 radical (unpaired) electrons. The molecule has 120 valence electrons. The van der Waals surface area contributed by atoms with Crippen LogP contribution >= 0.6 is 15.9 Å². The molecule has 0 bridgehead atoms. The largest absolute Gasteiger partial charge is 0.311 e. The van der Waals surface area contributed by atoms with Crippen LogP contribution in [0.15, 0.2) is 40.9 Å². The molecule has 0 spiro atoms. The molecule has 6 heteroatoms. The number of imide groups is 1. The average molecular weight is 385 g/mol. The molecule has 5 nitrogen and oxygen atoms in total. The maximum Gasteiger partial charge on any atom is 0.266 e. The predicted octanol–water partition coefficient (Wildman–Crippen LogP) is 3.16. The first-order valence-corrected chi connectivity index (χ1v) is 8.36. The molecule has 2 heterocycles. The molecule has 0 aromatic heterocycles. The lowest BCUT2D eigenvalue weighted by Crippen LogP contribution is -2.29. The van der Waals surface area contributed by atoms with Gasteiger partial charge in [0.2, 0.25) is 5.91 Å². The number of anilines is 2. The van der Waals surface area contributed by atoms with Gasteiger partial charge in [0.05, 0.1) is 22.5 Å². The molecule has 0 saturated heterocycles. The molecule has 0 fully saturated rings. The van der Waals surface area contributed by atoms with E-state index in [1.54, 1.807) is 35.2 Å². The van der Waals surface area contributed by atoms with Gasteiger partial charge >= 0.3 is 0 Å². The molecule has 4 rings (SSSR count). The Hall–Kier alpha value is -2.47. The second kappa shape index (κ2) is 5.27. The fraction of sp³-hybridized carbons (Fsp3) is 0.167. The molecule has 2 aromatic rings. The third kappa shape index (κ3) is 2.03. The third-order valence-electron chi connectivity index (χ3n) is 4.43. The Morgan fingerprint density at radius 2 is 1.71 bits per heavy atom. The molecule has 0 N–H and O–H groups in total. The third-order valence-corrected chi connectivity index (χ3v) is 5.04. The van der Waals surface area contributed by atoms with E-state index in [1.807, 2.05) is 6.07 Å². The minimum atomic E-state index is -0.316. The van der Waals surface area contributed by atoms with Crippen LogP contribution < -0.4 is 9.80 Å². The lowest BCUT2D eigenvalue weighted by molar-refractivity contribution is -0.116. The number of rotatable bonds is 1. The number of carbonyl (C=O) groups is 3. The Bertz CT molecular complexity index is 887. The number of amides is 3. The van der Waals surface area contributed by atoms with Crippen molar-refractivity contribution in [3.63, 3.8) is 0 Å². The van der Waals surface area contributed by atoms with Crippen molar-refractivity contribution in [1.29, 1.82) is 0 Å². The summed E-state index contributed by atoms with van der Waals surface area (Å²) in [5.74, 6) is -0.657. The number of hydrogen-bond donors (Lipinski definition) is 0. The highest BCUT2D eigenvalue weighted by Crippen LogP contribution is 2.40. The highest BCUT2D eigenvalue weighted by molar-refractivity contribution is 9.10. The molecule has 2 aromatic carbocycles. The lowest BCUT2D eigenvalue weighted by atomic mass is 10.1. The van der Waals surface area contributed by atoms with Gasteiger partial charge in [-0.2, -0.15) is 0 Å². The summed E-state index contributed by atoms with van der Waals surface area (Å²) < 4.78 is 0.708. The van der Waals surface area contributed by atoms with Gasteiger partial charge in [-0.05, 0) is 52.2 Å². The molecular formula is C18H13BrN2O3. The smallest absolute Gasteiger partial charge is 0.266 e. The number of benzene rings is 2. The van der Waals surface area contributed by atoms with Crippen LogP contribution in [0.5, 0.6) is 0 Å². The van der Waals surface area contributed by atoms with Crippen molar-refractivity contribution in [3.8, 4) is 0 Å². The first kappa shape index (κ1) is 15.1. The zero-order valence-corrected chi connectivity index (χ0v) is 14.5. The number of halogens is 1. The van der Waals surface area contributed by atoms with E-state index in [0.29, 0.717) is 34.3 Å². The number of carbonyl (C=O) groups excluding carboxylic acids is 3. The molecular weight excluding hydrogens is 372 g/mol. The monoisotopic (exact) mass is 384 g/mol. The fourth-order valence-electron chi connectivity index (χ4n) is 3.34. The van der Waals surface area contributed by atoms with Gasteiger partial charge in [0, 0.05) is 17.9 Å². The van der Waals surface area contributed by atoms with Crippen LogP contribution in [-0.4, -0.2) is 24.3 Å². The molecule has 0 unspecified atom stereocenters.